The van der Waals surface area contributed by atoms with Crippen LogP contribution in [-0.2, 0) is 11.0 Å². The molecule has 166 valence electrons. The van der Waals surface area contributed by atoms with Crippen LogP contribution in [-0.4, -0.2) is 48.2 Å². The molecule has 7 nitrogen and oxygen atoms in total. The molecule has 1 atom stereocenters. The molecule has 0 unspecified atom stereocenters. The second kappa shape index (κ2) is 7.58. The van der Waals surface area contributed by atoms with Crippen LogP contribution in [0.25, 0.3) is 0 Å². The summed E-state index contributed by atoms with van der Waals surface area (Å²) in [5.74, 6) is 1.59. The van der Waals surface area contributed by atoms with Crippen molar-refractivity contribution in [2.75, 3.05) is 29.2 Å². The Morgan fingerprint density at radius 3 is 2.39 bits per heavy atom. The van der Waals surface area contributed by atoms with E-state index in [0.29, 0.717) is 41.7 Å². The van der Waals surface area contributed by atoms with Gasteiger partial charge in [0.15, 0.2) is 5.82 Å². The van der Waals surface area contributed by atoms with Gasteiger partial charge < -0.3 is 19.9 Å². The van der Waals surface area contributed by atoms with Gasteiger partial charge in [-0.05, 0) is 38.1 Å². The summed E-state index contributed by atoms with van der Waals surface area (Å²) in [6.07, 6.45) is -3.07. The number of halogens is 3. The molecule has 31 heavy (non-hydrogen) atoms. The van der Waals surface area contributed by atoms with Gasteiger partial charge in [-0.1, -0.05) is 0 Å². The van der Waals surface area contributed by atoms with E-state index in [1.807, 2.05) is 25.8 Å². The Kier molecular flexibility index (Phi) is 5.18. The zero-order valence-corrected chi connectivity index (χ0v) is 17.7. The minimum atomic E-state index is -4.36. The number of hydrogen-bond acceptors (Lipinski definition) is 6. The van der Waals surface area contributed by atoms with E-state index < -0.39 is 11.7 Å². The standard InChI is InChI=1S/C21H24F3N5O2/c1-11-17-18(28(3)12(2)19(30)29(17)4)27-20(25-11)26-14-9-16(10-14)31-15-7-5-13(6-8-15)21(22,23)24/h5-8,12,14,16H,9-10H2,1-4H3,(H,25,26,27)/t12-,14?,16?/m0/s1. The zero-order chi connectivity index (χ0) is 22.5. The zero-order valence-electron chi connectivity index (χ0n) is 17.7. The van der Waals surface area contributed by atoms with Gasteiger partial charge in [-0.2, -0.15) is 18.2 Å². The van der Waals surface area contributed by atoms with Crippen molar-refractivity contribution in [3.05, 3.63) is 35.5 Å². The summed E-state index contributed by atoms with van der Waals surface area (Å²) in [6, 6.07) is 4.51. The molecule has 1 aromatic heterocycles. The Hall–Kier alpha value is -3.04. The van der Waals surface area contributed by atoms with E-state index >= 15 is 0 Å². The normalized spacial score (nSPS) is 23.3. The molecule has 1 amide bonds. The van der Waals surface area contributed by atoms with Gasteiger partial charge in [0.25, 0.3) is 0 Å². The van der Waals surface area contributed by atoms with Crippen LogP contribution in [0, 0.1) is 6.92 Å². The molecule has 0 radical (unpaired) electrons. The van der Waals surface area contributed by atoms with Gasteiger partial charge in [-0.25, -0.2) is 4.98 Å². The molecular formula is C21H24F3N5O2. The summed E-state index contributed by atoms with van der Waals surface area (Å²) in [5.41, 5.74) is 0.715. The van der Waals surface area contributed by atoms with E-state index in [-0.39, 0.29) is 24.1 Å². The molecule has 2 aromatic rings. The lowest BCUT2D eigenvalue weighted by Gasteiger charge is -2.38. The molecule has 1 fully saturated rings. The maximum atomic E-state index is 12.7. The Balaban J connectivity index is 1.38. The number of hydrogen-bond donors (Lipinski definition) is 1. The molecule has 0 saturated heterocycles. The molecule has 1 saturated carbocycles. The molecule has 2 heterocycles. The molecule has 1 aliphatic heterocycles. The van der Waals surface area contributed by atoms with E-state index in [0.717, 1.165) is 12.1 Å². The van der Waals surface area contributed by atoms with E-state index in [1.165, 1.54) is 12.1 Å². The van der Waals surface area contributed by atoms with Crippen LogP contribution in [0.2, 0.25) is 0 Å². The van der Waals surface area contributed by atoms with Crippen LogP contribution < -0.4 is 19.9 Å². The first kappa shape index (κ1) is 21.2. The van der Waals surface area contributed by atoms with Crippen LogP contribution >= 0.6 is 0 Å². The molecular weight excluding hydrogens is 411 g/mol. The molecule has 1 N–H and O–H groups in total. The van der Waals surface area contributed by atoms with Crippen molar-refractivity contribution in [2.24, 2.45) is 0 Å². The molecule has 0 bridgehead atoms. The molecule has 1 aliphatic carbocycles. The predicted molar refractivity (Wildman–Crippen MR) is 111 cm³/mol. The number of ether oxygens (including phenoxy) is 1. The summed E-state index contributed by atoms with van der Waals surface area (Å²) in [7, 11) is 3.56. The second-order valence-corrected chi connectivity index (χ2v) is 8.06. The highest BCUT2D eigenvalue weighted by Gasteiger charge is 2.36. The smallest absolute Gasteiger partial charge is 0.416 e. The highest BCUT2D eigenvalue weighted by molar-refractivity contribution is 6.04. The maximum Gasteiger partial charge on any atom is 0.416 e. The van der Waals surface area contributed by atoms with Gasteiger partial charge in [-0.15, -0.1) is 0 Å². The van der Waals surface area contributed by atoms with Crippen molar-refractivity contribution in [2.45, 2.75) is 51.1 Å². The average molecular weight is 435 g/mol. The predicted octanol–water partition coefficient (Wildman–Crippen LogP) is 3.63. The third-order valence-corrected chi connectivity index (χ3v) is 5.89. The number of nitrogens with zero attached hydrogens (tertiary/aromatic N) is 4. The monoisotopic (exact) mass is 435 g/mol. The number of fused-ring (bicyclic) bond motifs is 1. The Labute approximate surface area is 178 Å². The van der Waals surface area contributed by atoms with E-state index in [2.05, 4.69) is 15.3 Å². The maximum absolute atomic E-state index is 12.7. The minimum absolute atomic E-state index is 0.00958. The number of aryl methyl sites for hydroxylation is 1. The fourth-order valence-electron chi connectivity index (χ4n) is 3.87. The number of anilines is 3. The number of alkyl halides is 3. The van der Waals surface area contributed by atoms with Gasteiger partial charge in [-0.3, -0.25) is 4.79 Å². The third-order valence-electron chi connectivity index (χ3n) is 5.89. The van der Waals surface area contributed by atoms with Gasteiger partial charge in [0, 0.05) is 33.0 Å². The van der Waals surface area contributed by atoms with Crippen molar-refractivity contribution < 1.29 is 22.7 Å². The molecule has 0 spiro atoms. The van der Waals surface area contributed by atoms with E-state index in [9.17, 15) is 18.0 Å². The number of amides is 1. The molecule has 1 aromatic carbocycles. The SMILES string of the molecule is Cc1nc(NC2CC(Oc3ccc(C(F)(F)F)cc3)C2)nc2c1N(C)C(=O)[C@H](C)N2C. The quantitative estimate of drug-likeness (QED) is 0.791. The minimum Gasteiger partial charge on any atom is -0.490 e. The lowest BCUT2D eigenvalue weighted by Crippen LogP contribution is -2.50. The van der Waals surface area contributed by atoms with Gasteiger partial charge in [0.2, 0.25) is 11.9 Å². The van der Waals surface area contributed by atoms with E-state index in [1.54, 1.807) is 11.9 Å². The van der Waals surface area contributed by atoms with Crippen LogP contribution in [0.4, 0.5) is 30.6 Å². The third kappa shape index (κ3) is 3.98. The van der Waals surface area contributed by atoms with Crippen molar-refractivity contribution in [1.29, 1.82) is 0 Å². The van der Waals surface area contributed by atoms with E-state index in [4.69, 9.17) is 4.74 Å². The first-order chi connectivity index (χ1) is 14.5. The average Bonchev–Trinajstić information content (AvgIpc) is 2.68. The number of benzene rings is 1. The number of carbonyl (C=O) groups excluding carboxylic acids is 1. The lowest BCUT2D eigenvalue weighted by molar-refractivity contribution is -0.137. The Morgan fingerprint density at radius 2 is 1.77 bits per heavy atom. The van der Waals surface area contributed by atoms with Crippen LogP contribution in [0.5, 0.6) is 5.75 Å². The Morgan fingerprint density at radius 1 is 1.13 bits per heavy atom. The van der Waals surface area contributed by atoms with Gasteiger partial charge in [0.1, 0.15) is 23.6 Å². The summed E-state index contributed by atoms with van der Waals surface area (Å²) in [4.78, 5) is 24.9. The van der Waals surface area contributed by atoms with Crippen LogP contribution in [0.3, 0.4) is 0 Å². The summed E-state index contributed by atoms with van der Waals surface area (Å²) < 4.78 is 43.7. The molecule has 4 rings (SSSR count). The number of carbonyl (C=O) groups is 1. The molecule has 2 aliphatic rings. The van der Waals surface area contributed by atoms with Gasteiger partial charge in [0.05, 0.1) is 11.3 Å². The van der Waals surface area contributed by atoms with Crippen molar-refractivity contribution in [3.63, 3.8) is 0 Å². The summed E-state index contributed by atoms with van der Waals surface area (Å²) >= 11 is 0. The fraction of sp³-hybridized carbons (Fsp3) is 0.476. The van der Waals surface area contributed by atoms with Crippen molar-refractivity contribution >= 4 is 23.4 Å². The first-order valence-corrected chi connectivity index (χ1v) is 10.0. The number of nitrogens with one attached hydrogen (secondary N) is 1. The fourth-order valence-corrected chi connectivity index (χ4v) is 3.87. The Bertz CT molecular complexity index is 990. The van der Waals surface area contributed by atoms with Crippen LogP contribution in [0.15, 0.2) is 24.3 Å². The lowest BCUT2D eigenvalue weighted by atomic mass is 9.89. The number of likely N-dealkylation sites (N-methyl/N-ethyl adjacent to an activating group) is 2. The van der Waals surface area contributed by atoms with Crippen molar-refractivity contribution in [3.8, 4) is 5.75 Å². The first-order valence-electron chi connectivity index (χ1n) is 10.0. The largest absolute Gasteiger partial charge is 0.490 e. The molecule has 10 heteroatoms. The highest BCUT2D eigenvalue weighted by atomic mass is 19.4. The number of aromatic nitrogens is 2. The topological polar surface area (TPSA) is 70.6 Å². The van der Waals surface area contributed by atoms with Crippen molar-refractivity contribution in [1.82, 2.24) is 9.97 Å². The summed E-state index contributed by atoms with van der Waals surface area (Å²) in [5, 5.41) is 3.29. The van der Waals surface area contributed by atoms with Crippen LogP contribution in [0.1, 0.15) is 31.0 Å². The summed E-state index contributed by atoms with van der Waals surface area (Å²) in [6.45, 7) is 3.68. The van der Waals surface area contributed by atoms with Gasteiger partial charge >= 0.3 is 6.18 Å². The number of rotatable bonds is 4. The highest BCUT2D eigenvalue weighted by Crippen LogP contribution is 2.37. The second-order valence-electron chi connectivity index (χ2n) is 8.06.